The van der Waals surface area contributed by atoms with E-state index in [1.54, 1.807) is 4.52 Å². The topological polar surface area (TPSA) is 99.1 Å². The highest BCUT2D eigenvalue weighted by Gasteiger charge is 2.30. The number of oxazole rings is 1. The summed E-state index contributed by atoms with van der Waals surface area (Å²) in [6, 6.07) is 0. The lowest BCUT2D eigenvalue weighted by Gasteiger charge is -2.32. The van der Waals surface area contributed by atoms with Gasteiger partial charge in [0.1, 0.15) is 0 Å². The molecule has 0 saturated carbocycles. The van der Waals surface area contributed by atoms with Crippen LogP contribution in [0.25, 0.3) is 5.84 Å². The maximum absolute atomic E-state index is 12.9. The molecule has 0 atom stereocenters. The van der Waals surface area contributed by atoms with Gasteiger partial charge in [-0.2, -0.15) is 9.50 Å². The quantitative estimate of drug-likeness (QED) is 0.807. The lowest BCUT2D eigenvalue weighted by atomic mass is 10.1. The minimum atomic E-state index is -0.107. The fraction of sp³-hybridized carbons (Fsp3) is 0.667. The van der Waals surface area contributed by atoms with E-state index in [1.165, 1.54) is 0 Å². The van der Waals surface area contributed by atoms with Crippen LogP contribution in [0.4, 0.5) is 5.95 Å². The normalized spacial score (nSPS) is 16.3. The largest absolute Gasteiger partial charge is 0.416 e. The highest BCUT2D eigenvalue weighted by molar-refractivity contribution is 5.93. The predicted molar refractivity (Wildman–Crippen MR) is 88.3 cm³/mol. The summed E-state index contributed by atoms with van der Waals surface area (Å²) in [6.45, 7) is 7.42. The standard InChI is InChI=1S/C15H24N6O3/c1-10(2)11-12(13(23)20-7-5-19(3)6-8-20)24-15-17-14(16-4-9-22)18-21(11)15/h10,22H,4-9H2,1-3H3,(H,16,18). The summed E-state index contributed by atoms with van der Waals surface area (Å²) >= 11 is 0. The van der Waals surface area contributed by atoms with Crippen LogP contribution in [0.1, 0.15) is 36.0 Å². The smallest absolute Gasteiger partial charge is 0.327 e. The van der Waals surface area contributed by atoms with Gasteiger partial charge in [0.05, 0.1) is 12.3 Å². The molecule has 0 spiro atoms. The van der Waals surface area contributed by atoms with E-state index in [0.717, 1.165) is 18.8 Å². The van der Waals surface area contributed by atoms with E-state index >= 15 is 0 Å². The third-order valence-electron chi connectivity index (χ3n) is 4.16. The minimum absolute atomic E-state index is 0.00918. The molecule has 3 rings (SSSR count). The van der Waals surface area contributed by atoms with Gasteiger partial charge in [0.2, 0.25) is 11.7 Å². The molecule has 24 heavy (non-hydrogen) atoms. The Morgan fingerprint density at radius 2 is 2.04 bits per heavy atom. The van der Waals surface area contributed by atoms with Crippen molar-refractivity contribution in [3.05, 3.63) is 11.5 Å². The molecule has 132 valence electrons. The van der Waals surface area contributed by atoms with Crippen LogP contribution in [0.15, 0.2) is 4.42 Å². The summed E-state index contributed by atoms with van der Waals surface area (Å²) in [5, 5.41) is 16.1. The van der Waals surface area contributed by atoms with Crippen LogP contribution >= 0.6 is 0 Å². The van der Waals surface area contributed by atoms with Crippen molar-refractivity contribution < 1.29 is 14.3 Å². The van der Waals surface area contributed by atoms with Crippen LogP contribution in [-0.4, -0.2) is 81.8 Å². The Labute approximate surface area is 140 Å². The van der Waals surface area contributed by atoms with Gasteiger partial charge in [-0.1, -0.05) is 13.8 Å². The van der Waals surface area contributed by atoms with E-state index in [0.29, 0.717) is 31.3 Å². The van der Waals surface area contributed by atoms with Crippen LogP contribution in [0.2, 0.25) is 0 Å². The lowest BCUT2D eigenvalue weighted by Crippen LogP contribution is -2.47. The monoisotopic (exact) mass is 336 g/mol. The number of hydrogen-bond acceptors (Lipinski definition) is 7. The van der Waals surface area contributed by atoms with Gasteiger partial charge in [0, 0.05) is 32.7 Å². The summed E-state index contributed by atoms with van der Waals surface area (Å²) < 4.78 is 7.32. The number of carbonyl (C=O) groups is 1. The number of aliphatic hydroxyl groups is 1. The van der Waals surface area contributed by atoms with Gasteiger partial charge < -0.3 is 24.6 Å². The first-order valence-electron chi connectivity index (χ1n) is 8.23. The summed E-state index contributed by atoms with van der Waals surface area (Å²) in [6.07, 6.45) is 0. The Morgan fingerprint density at radius 3 is 2.67 bits per heavy atom. The van der Waals surface area contributed by atoms with E-state index in [1.807, 2.05) is 25.8 Å². The molecule has 1 aliphatic heterocycles. The third-order valence-corrected chi connectivity index (χ3v) is 4.16. The highest BCUT2D eigenvalue weighted by atomic mass is 16.4. The zero-order valence-corrected chi connectivity index (χ0v) is 14.3. The fourth-order valence-electron chi connectivity index (χ4n) is 2.82. The molecule has 0 bridgehead atoms. The number of aromatic nitrogens is 3. The first-order valence-corrected chi connectivity index (χ1v) is 8.23. The molecule has 1 saturated heterocycles. The number of fused-ring (bicyclic) bond motifs is 1. The first-order chi connectivity index (χ1) is 11.5. The summed E-state index contributed by atoms with van der Waals surface area (Å²) in [4.78, 5) is 21.1. The van der Waals surface area contributed by atoms with Gasteiger partial charge >= 0.3 is 5.84 Å². The Bertz CT molecular complexity index is 714. The summed E-state index contributed by atoms with van der Waals surface area (Å²) in [5.74, 6) is 0.937. The Morgan fingerprint density at radius 1 is 1.33 bits per heavy atom. The van der Waals surface area contributed by atoms with Gasteiger partial charge in [0.25, 0.3) is 5.91 Å². The zero-order chi connectivity index (χ0) is 17.3. The van der Waals surface area contributed by atoms with Gasteiger partial charge in [-0.25, -0.2) is 0 Å². The molecule has 2 N–H and O–H groups in total. The van der Waals surface area contributed by atoms with Gasteiger partial charge in [-0.15, -0.1) is 5.10 Å². The Hall–Kier alpha value is -2.13. The average molecular weight is 336 g/mol. The maximum atomic E-state index is 12.9. The number of hydrogen-bond donors (Lipinski definition) is 2. The van der Waals surface area contributed by atoms with E-state index < -0.39 is 0 Å². The van der Waals surface area contributed by atoms with Crippen molar-refractivity contribution in [2.45, 2.75) is 19.8 Å². The van der Waals surface area contributed by atoms with Crippen LogP contribution in [0.3, 0.4) is 0 Å². The second kappa shape index (κ2) is 6.78. The van der Waals surface area contributed by atoms with Gasteiger partial charge in [0.15, 0.2) is 0 Å². The molecule has 1 fully saturated rings. The highest BCUT2D eigenvalue weighted by Crippen LogP contribution is 2.25. The van der Waals surface area contributed by atoms with Crippen molar-refractivity contribution in [1.29, 1.82) is 0 Å². The zero-order valence-electron chi connectivity index (χ0n) is 14.3. The molecule has 1 aliphatic rings. The Kier molecular flexibility index (Phi) is 4.72. The SMILES string of the molecule is CC(C)c1c(C(=O)N2CCN(C)CC2)oc2nc(NCCO)nn12. The van der Waals surface area contributed by atoms with Crippen molar-refractivity contribution >= 4 is 17.7 Å². The van der Waals surface area contributed by atoms with Crippen molar-refractivity contribution in [1.82, 2.24) is 24.4 Å². The number of piperazine rings is 1. The first kappa shape index (κ1) is 16.7. The molecular weight excluding hydrogens is 312 g/mol. The molecule has 3 heterocycles. The summed E-state index contributed by atoms with van der Waals surface area (Å²) in [5.41, 5.74) is 0.721. The molecule has 0 unspecified atom stereocenters. The minimum Gasteiger partial charge on any atom is -0.416 e. The molecule has 1 amide bonds. The van der Waals surface area contributed by atoms with Gasteiger partial charge in [-0.3, -0.25) is 4.79 Å². The van der Waals surface area contributed by atoms with Crippen LogP contribution < -0.4 is 5.32 Å². The molecular formula is C15H24N6O3. The van der Waals surface area contributed by atoms with Crippen LogP contribution in [-0.2, 0) is 0 Å². The number of nitrogens with one attached hydrogen (secondary N) is 1. The van der Waals surface area contributed by atoms with Crippen LogP contribution in [0.5, 0.6) is 0 Å². The summed E-state index contributed by atoms with van der Waals surface area (Å²) in [7, 11) is 2.05. The van der Waals surface area contributed by atoms with Crippen LogP contribution in [0, 0.1) is 0 Å². The molecule has 0 radical (unpaired) electrons. The molecule has 9 nitrogen and oxygen atoms in total. The molecule has 9 heteroatoms. The number of carbonyl (C=O) groups excluding carboxylic acids is 1. The molecule has 0 aromatic carbocycles. The third kappa shape index (κ3) is 3.09. The molecule has 0 aliphatic carbocycles. The number of rotatable bonds is 5. The maximum Gasteiger partial charge on any atom is 0.327 e. The number of amides is 1. The second-order valence-electron chi connectivity index (χ2n) is 6.35. The molecule has 2 aromatic heterocycles. The predicted octanol–water partition coefficient (Wildman–Crippen LogP) is 0.238. The van der Waals surface area contributed by atoms with Crippen molar-refractivity contribution in [2.75, 3.05) is 51.7 Å². The van der Waals surface area contributed by atoms with E-state index in [-0.39, 0.29) is 24.3 Å². The van der Waals surface area contributed by atoms with Gasteiger partial charge in [-0.05, 0) is 13.0 Å². The van der Waals surface area contributed by atoms with E-state index in [4.69, 9.17) is 9.52 Å². The lowest BCUT2D eigenvalue weighted by molar-refractivity contribution is 0.0632. The fourth-order valence-corrected chi connectivity index (χ4v) is 2.82. The number of nitrogens with zero attached hydrogens (tertiary/aromatic N) is 5. The average Bonchev–Trinajstić information content (AvgIpc) is 3.09. The Balaban J connectivity index is 1.91. The number of likely N-dealkylation sites (N-methyl/N-ethyl adjacent to an activating group) is 1. The van der Waals surface area contributed by atoms with E-state index in [9.17, 15) is 4.79 Å². The van der Waals surface area contributed by atoms with Crippen molar-refractivity contribution in [3.8, 4) is 0 Å². The molecule has 2 aromatic rings. The number of anilines is 1. The second-order valence-corrected chi connectivity index (χ2v) is 6.35. The number of aliphatic hydroxyl groups excluding tert-OH is 1. The van der Waals surface area contributed by atoms with Crippen molar-refractivity contribution in [2.24, 2.45) is 0 Å². The van der Waals surface area contributed by atoms with Crippen molar-refractivity contribution in [3.63, 3.8) is 0 Å². The van der Waals surface area contributed by atoms with E-state index in [2.05, 4.69) is 20.3 Å².